The lowest BCUT2D eigenvalue weighted by Crippen LogP contribution is -2.28. The van der Waals surface area contributed by atoms with Crippen LogP contribution in [0.15, 0.2) is 60.7 Å². The molecule has 1 heterocycles. The van der Waals surface area contributed by atoms with Crippen LogP contribution in [0.25, 0.3) is 0 Å². The summed E-state index contributed by atoms with van der Waals surface area (Å²) in [6.45, 7) is 6.73. The van der Waals surface area contributed by atoms with Gasteiger partial charge in [-0.1, -0.05) is 24.3 Å². The minimum Gasteiger partial charge on any atom is -0.490 e. The van der Waals surface area contributed by atoms with E-state index in [1.54, 1.807) is 42.5 Å². The summed E-state index contributed by atoms with van der Waals surface area (Å²) in [5.41, 5.74) is 1.89. The molecule has 3 aromatic rings. The molecule has 0 aliphatic carbocycles. The van der Waals surface area contributed by atoms with Crippen molar-refractivity contribution in [3.8, 4) is 23.0 Å². The van der Waals surface area contributed by atoms with Gasteiger partial charge < -0.3 is 24.3 Å². The first kappa shape index (κ1) is 23.2. The normalized spacial score (nSPS) is 12.7. The van der Waals surface area contributed by atoms with Gasteiger partial charge in [0, 0.05) is 11.1 Å². The van der Waals surface area contributed by atoms with Crippen LogP contribution in [0.1, 0.15) is 58.7 Å². The van der Waals surface area contributed by atoms with Crippen LogP contribution in [0.4, 0.5) is 0 Å². The van der Waals surface area contributed by atoms with Crippen LogP contribution in [0.2, 0.25) is 0 Å². The average Bonchev–Trinajstić information content (AvgIpc) is 3.33. The van der Waals surface area contributed by atoms with Gasteiger partial charge in [0.1, 0.15) is 0 Å². The van der Waals surface area contributed by atoms with E-state index in [9.17, 15) is 9.59 Å². The smallest absolute Gasteiger partial charge is 0.252 e. The summed E-state index contributed by atoms with van der Waals surface area (Å²) in [7, 11) is 0. The standard InChI is InChI=1S/C27H27NO6/c1-4-31-22-13-11-19(15-24(22)32-5-2)26(29)20-8-6-7-9-21(20)27(30)28-17(3)18-10-12-23-25(14-18)34-16-33-23/h6-15,17H,4-5,16H2,1-3H3,(H,28,30)/t17-/m1/s1. The van der Waals surface area contributed by atoms with E-state index >= 15 is 0 Å². The Kier molecular flexibility index (Phi) is 7.01. The molecule has 3 aromatic carbocycles. The molecule has 0 unspecified atom stereocenters. The maximum Gasteiger partial charge on any atom is 0.252 e. The average molecular weight is 462 g/mol. The van der Waals surface area contributed by atoms with Crippen molar-refractivity contribution in [2.75, 3.05) is 20.0 Å². The number of ketones is 1. The number of carbonyl (C=O) groups excluding carboxylic acids is 2. The van der Waals surface area contributed by atoms with Crippen LogP contribution >= 0.6 is 0 Å². The highest BCUT2D eigenvalue weighted by Crippen LogP contribution is 2.34. The molecule has 4 rings (SSSR count). The molecule has 1 amide bonds. The van der Waals surface area contributed by atoms with Crippen molar-refractivity contribution in [1.29, 1.82) is 0 Å². The number of nitrogens with one attached hydrogen (secondary N) is 1. The fraction of sp³-hybridized carbons (Fsp3) is 0.259. The molecule has 7 heteroatoms. The highest BCUT2D eigenvalue weighted by atomic mass is 16.7. The van der Waals surface area contributed by atoms with Crippen molar-refractivity contribution in [2.45, 2.75) is 26.8 Å². The zero-order valence-electron chi connectivity index (χ0n) is 19.4. The van der Waals surface area contributed by atoms with Crippen molar-refractivity contribution >= 4 is 11.7 Å². The van der Waals surface area contributed by atoms with E-state index in [1.807, 2.05) is 39.0 Å². The third-order valence-corrected chi connectivity index (χ3v) is 5.47. The van der Waals surface area contributed by atoms with E-state index in [4.69, 9.17) is 18.9 Å². The number of amides is 1. The van der Waals surface area contributed by atoms with E-state index in [-0.39, 0.29) is 24.5 Å². The Labute approximate surface area is 198 Å². The van der Waals surface area contributed by atoms with Crippen molar-refractivity contribution in [3.05, 3.63) is 82.9 Å². The third-order valence-electron chi connectivity index (χ3n) is 5.47. The van der Waals surface area contributed by atoms with Gasteiger partial charge >= 0.3 is 0 Å². The predicted octanol–water partition coefficient (Wildman–Crippen LogP) is 4.93. The fourth-order valence-corrected chi connectivity index (χ4v) is 3.77. The second kappa shape index (κ2) is 10.3. The largest absolute Gasteiger partial charge is 0.490 e. The predicted molar refractivity (Wildman–Crippen MR) is 127 cm³/mol. The van der Waals surface area contributed by atoms with Gasteiger partial charge in [-0.05, 0) is 62.7 Å². The van der Waals surface area contributed by atoms with Gasteiger partial charge in [0.05, 0.1) is 24.8 Å². The van der Waals surface area contributed by atoms with Gasteiger partial charge in [-0.3, -0.25) is 9.59 Å². The number of hydrogen-bond donors (Lipinski definition) is 1. The highest BCUT2D eigenvalue weighted by Gasteiger charge is 2.22. The number of hydrogen-bond acceptors (Lipinski definition) is 6. The summed E-state index contributed by atoms with van der Waals surface area (Å²) in [6.07, 6.45) is 0. The third kappa shape index (κ3) is 4.83. The lowest BCUT2D eigenvalue weighted by molar-refractivity contribution is 0.0929. The van der Waals surface area contributed by atoms with Gasteiger partial charge in [-0.25, -0.2) is 0 Å². The number of fused-ring (bicyclic) bond motifs is 1. The first-order chi connectivity index (χ1) is 16.5. The molecule has 1 atom stereocenters. The molecule has 0 fully saturated rings. The first-order valence-electron chi connectivity index (χ1n) is 11.3. The van der Waals surface area contributed by atoms with Gasteiger partial charge in [0.15, 0.2) is 28.8 Å². The molecule has 0 spiro atoms. The summed E-state index contributed by atoms with van der Waals surface area (Å²) in [5, 5.41) is 2.98. The minimum absolute atomic E-state index is 0.186. The highest BCUT2D eigenvalue weighted by molar-refractivity contribution is 6.15. The number of rotatable bonds is 9. The van der Waals surface area contributed by atoms with E-state index in [2.05, 4.69) is 5.32 Å². The van der Waals surface area contributed by atoms with Crippen molar-refractivity contribution < 1.29 is 28.5 Å². The lowest BCUT2D eigenvalue weighted by Gasteiger charge is -2.17. The Morgan fingerprint density at radius 1 is 0.882 bits per heavy atom. The van der Waals surface area contributed by atoms with Crippen LogP contribution < -0.4 is 24.3 Å². The summed E-state index contributed by atoms with van der Waals surface area (Å²) in [4.78, 5) is 26.5. The maximum absolute atomic E-state index is 13.4. The Bertz CT molecular complexity index is 1210. The number of carbonyl (C=O) groups is 2. The molecule has 1 N–H and O–H groups in total. The van der Waals surface area contributed by atoms with Gasteiger partial charge in [-0.2, -0.15) is 0 Å². The van der Waals surface area contributed by atoms with Gasteiger partial charge in [0.2, 0.25) is 6.79 Å². The van der Waals surface area contributed by atoms with E-state index in [0.717, 1.165) is 5.56 Å². The molecule has 0 bridgehead atoms. The number of benzene rings is 3. The quantitative estimate of drug-likeness (QED) is 0.455. The second-order valence-electron chi connectivity index (χ2n) is 7.71. The lowest BCUT2D eigenvalue weighted by atomic mass is 9.97. The zero-order chi connectivity index (χ0) is 24.1. The maximum atomic E-state index is 13.4. The summed E-state index contributed by atoms with van der Waals surface area (Å²) in [6, 6.07) is 17.1. The van der Waals surface area contributed by atoms with Gasteiger partial charge in [-0.15, -0.1) is 0 Å². The molecular weight excluding hydrogens is 434 g/mol. The monoisotopic (exact) mass is 461 g/mol. The van der Waals surface area contributed by atoms with Crippen molar-refractivity contribution in [3.63, 3.8) is 0 Å². The topological polar surface area (TPSA) is 83.1 Å². The number of ether oxygens (including phenoxy) is 4. The van der Waals surface area contributed by atoms with Crippen LogP contribution in [-0.2, 0) is 0 Å². The zero-order valence-corrected chi connectivity index (χ0v) is 19.4. The molecule has 7 nitrogen and oxygen atoms in total. The second-order valence-corrected chi connectivity index (χ2v) is 7.71. The minimum atomic E-state index is -0.343. The van der Waals surface area contributed by atoms with Crippen molar-refractivity contribution in [1.82, 2.24) is 5.32 Å². The summed E-state index contributed by atoms with van der Waals surface area (Å²) in [5.74, 6) is 1.78. The SMILES string of the molecule is CCOc1ccc(C(=O)c2ccccc2C(=O)N[C@H](C)c2ccc3c(c2)OCO3)cc1OCC. The molecule has 1 aliphatic rings. The molecular formula is C27H27NO6. The van der Waals surface area contributed by atoms with Crippen LogP contribution in [0.5, 0.6) is 23.0 Å². The molecule has 176 valence electrons. The molecule has 0 aromatic heterocycles. The van der Waals surface area contributed by atoms with Crippen LogP contribution in [-0.4, -0.2) is 31.7 Å². The van der Waals surface area contributed by atoms with Crippen LogP contribution in [0, 0.1) is 0 Å². The Morgan fingerprint density at radius 3 is 2.35 bits per heavy atom. The Morgan fingerprint density at radius 2 is 1.59 bits per heavy atom. The fourth-order valence-electron chi connectivity index (χ4n) is 3.77. The summed E-state index contributed by atoms with van der Waals surface area (Å²) < 4.78 is 22.0. The summed E-state index contributed by atoms with van der Waals surface area (Å²) >= 11 is 0. The Balaban J connectivity index is 1.57. The van der Waals surface area contributed by atoms with E-state index in [1.165, 1.54) is 0 Å². The molecule has 0 saturated carbocycles. The molecule has 34 heavy (non-hydrogen) atoms. The van der Waals surface area contributed by atoms with E-state index < -0.39 is 0 Å². The van der Waals surface area contributed by atoms with Crippen molar-refractivity contribution in [2.24, 2.45) is 0 Å². The molecule has 1 aliphatic heterocycles. The van der Waals surface area contributed by atoms with Crippen LogP contribution in [0.3, 0.4) is 0 Å². The van der Waals surface area contributed by atoms with E-state index in [0.29, 0.717) is 52.9 Å². The molecule has 0 radical (unpaired) electrons. The molecule has 0 saturated heterocycles. The van der Waals surface area contributed by atoms with Gasteiger partial charge in [0.25, 0.3) is 5.91 Å². The Hall–Kier alpha value is -4.00. The first-order valence-corrected chi connectivity index (χ1v) is 11.3.